The monoisotopic (exact) mass is 447 g/mol. The van der Waals surface area contributed by atoms with Gasteiger partial charge in [0, 0.05) is 17.6 Å². The molecule has 0 atom stereocenters. The Morgan fingerprint density at radius 2 is 1.78 bits per heavy atom. The molecule has 0 saturated carbocycles. The highest BCUT2D eigenvalue weighted by Crippen LogP contribution is 2.20. The van der Waals surface area contributed by atoms with Gasteiger partial charge in [-0.3, -0.25) is 14.5 Å². The first-order chi connectivity index (χ1) is 15.2. The molecular formula is C23H24F3N3O3. The number of carbonyl (C=O) groups is 2. The molecule has 0 saturated heterocycles. The molecule has 6 nitrogen and oxygen atoms in total. The van der Waals surface area contributed by atoms with Gasteiger partial charge in [0.25, 0.3) is 5.91 Å². The van der Waals surface area contributed by atoms with Crippen molar-refractivity contribution in [1.29, 1.82) is 0 Å². The van der Waals surface area contributed by atoms with E-state index >= 15 is 0 Å². The number of hydrogen-bond acceptors (Lipinski definition) is 4. The number of amides is 2. The second-order valence-electron chi connectivity index (χ2n) is 7.53. The van der Waals surface area contributed by atoms with Gasteiger partial charge in [0.15, 0.2) is 5.76 Å². The zero-order valence-corrected chi connectivity index (χ0v) is 17.5. The first kappa shape index (κ1) is 23.3. The summed E-state index contributed by atoms with van der Waals surface area (Å²) in [5.41, 5.74) is 1.94. The van der Waals surface area contributed by atoms with Crippen molar-refractivity contribution in [3.8, 4) is 0 Å². The van der Waals surface area contributed by atoms with Gasteiger partial charge in [-0.15, -0.1) is 0 Å². The van der Waals surface area contributed by atoms with Crippen molar-refractivity contribution in [3.63, 3.8) is 0 Å². The van der Waals surface area contributed by atoms with Crippen molar-refractivity contribution >= 4 is 28.5 Å². The average molecular weight is 447 g/mol. The number of rotatable bonds is 9. The Hall–Kier alpha value is -3.33. The maximum Gasteiger partial charge on any atom is 0.401 e. The minimum Gasteiger partial charge on any atom is -0.451 e. The standard InChI is InChI=1S/C23H24F3N3O3/c1-29(15-23(24,25)26)12-4-11-27-21(30)13-16-7-9-18(10-8-16)28-22(31)20-14-17-5-2-3-6-19(17)32-20/h2-3,5-10,14H,4,11-13,15H2,1H3,(H,27,30)(H,28,31). The van der Waals surface area contributed by atoms with Crippen molar-refractivity contribution in [1.82, 2.24) is 10.2 Å². The summed E-state index contributed by atoms with van der Waals surface area (Å²) in [7, 11) is 1.39. The Labute approximate surface area is 183 Å². The fourth-order valence-corrected chi connectivity index (χ4v) is 3.20. The van der Waals surface area contributed by atoms with E-state index in [9.17, 15) is 22.8 Å². The fourth-order valence-electron chi connectivity index (χ4n) is 3.20. The smallest absolute Gasteiger partial charge is 0.401 e. The highest BCUT2D eigenvalue weighted by Gasteiger charge is 2.28. The Morgan fingerprint density at radius 3 is 2.47 bits per heavy atom. The van der Waals surface area contributed by atoms with Crippen molar-refractivity contribution in [2.45, 2.75) is 19.0 Å². The molecule has 0 radical (unpaired) electrons. The molecule has 0 aliphatic carbocycles. The summed E-state index contributed by atoms with van der Waals surface area (Å²) in [4.78, 5) is 25.6. The minimum atomic E-state index is -4.23. The predicted octanol–water partition coefficient (Wildman–Crippen LogP) is 4.23. The predicted molar refractivity (Wildman–Crippen MR) is 115 cm³/mol. The summed E-state index contributed by atoms with van der Waals surface area (Å²) < 4.78 is 42.4. The van der Waals surface area contributed by atoms with E-state index in [1.165, 1.54) is 11.9 Å². The quantitative estimate of drug-likeness (QED) is 0.482. The van der Waals surface area contributed by atoms with E-state index in [4.69, 9.17) is 4.42 Å². The SMILES string of the molecule is CN(CCCNC(=O)Cc1ccc(NC(=O)c2cc3ccccc3o2)cc1)CC(F)(F)F. The molecule has 32 heavy (non-hydrogen) atoms. The Balaban J connectivity index is 1.42. The van der Waals surface area contributed by atoms with Gasteiger partial charge in [-0.05, 0) is 49.8 Å². The number of nitrogens with zero attached hydrogens (tertiary/aromatic N) is 1. The normalized spacial score (nSPS) is 11.7. The number of para-hydroxylation sites is 1. The number of anilines is 1. The van der Waals surface area contributed by atoms with Gasteiger partial charge in [0.2, 0.25) is 5.91 Å². The average Bonchev–Trinajstić information content (AvgIpc) is 3.16. The fraction of sp³-hybridized carbons (Fsp3) is 0.304. The molecule has 2 N–H and O–H groups in total. The van der Waals surface area contributed by atoms with Crippen LogP contribution < -0.4 is 10.6 Å². The number of carbonyl (C=O) groups excluding carboxylic acids is 2. The zero-order valence-electron chi connectivity index (χ0n) is 17.5. The van der Waals surface area contributed by atoms with Gasteiger partial charge in [0.05, 0.1) is 13.0 Å². The van der Waals surface area contributed by atoms with Crippen LogP contribution in [0.4, 0.5) is 18.9 Å². The Morgan fingerprint density at radius 1 is 1.06 bits per heavy atom. The number of nitrogens with one attached hydrogen (secondary N) is 2. The molecule has 1 heterocycles. The number of furan rings is 1. The number of halogens is 3. The van der Waals surface area contributed by atoms with Crippen LogP contribution >= 0.6 is 0 Å². The van der Waals surface area contributed by atoms with Crippen molar-refractivity contribution in [3.05, 3.63) is 65.9 Å². The van der Waals surface area contributed by atoms with Crippen molar-refractivity contribution < 1.29 is 27.2 Å². The molecule has 9 heteroatoms. The van der Waals surface area contributed by atoms with Crippen LogP contribution in [0, 0.1) is 0 Å². The summed E-state index contributed by atoms with van der Waals surface area (Å²) in [6.45, 7) is -0.438. The van der Waals surface area contributed by atoms with Crippen LogP contribution in [0.1, 0.15) is 22.5 Å². The van der Waals surface area contributed by atoms with Gasteiger partial charge < -0.3 is 15.1 Å². The molecule has 3 rings (SSSR count). The molecule has 0 aliphatic heterocycles. The van der Waals surface area contributed by atoms with Gasteiger partial charge in [-0.2, -0.15) is 13.2 Å². The number of fused-ring (bicyclic) bond motifs is 1. The molecule has 0 spiro atoms. The third-order valence-corrected chi connectivity index (χ3v) is 4.71. The first-order valence-corrected chi connectivity index (χ1v) is 10.1. The van der Waals surface area contributed by atoms with Gasteiger partial charge in [-0.25, -0.2) is 0 Å². The largest absolute Gasteiger partial charge is 0.451 e. The molecule has 3 aromatic rings. The topological polar surface area (TPSA) is 74.6 Å². The molecular weight excluding hydrogens is 423 g/mol. The van der Waals surface area contributed by atoms with Crippen molar-refractivity contribution in [2.24, 2.45) is 0 Å². The van der Waals surface area contributed by atoms with Gasteiger partial charge in [0.1, 0.15) is 5.58 Å². The lowest BCUT2D eigenvalue weighted by atomic mass is 10.1. The van der Waals surface area contributed by atoms with E-state index < -0.39 is 12.7 Å². The van der Waals surface area contributed by atoms with Crippen LogP contribution in [0.5, 0.6) is 0 Å². The van der Waals surface area contributed by atoms with E-state index in [1.54, 1.807) is 36.4 Å². The van der Waals surface area contributed by atoms with E-state index in [0.29, 0.717) is 24.2 Å². The molecule has 2 amide bonds. The summed E-state index contributed by atoms with van der Waals surface area (Å²) in [5, 5.41) is 6.29. The van der Waals surface area contributed by atoms with E-state index in [-0.39, 0.29) is 30.5 Å². The van der Waals surface area contributed by atoms with Gasteiger partial charge >= 0.3 is 6.18 Å². The van der Waals surface area contributed by atoms with Crippen LogP contribution in [-0.2, 0) is 11.2 Å². The first-order valence-electron chi connectivity index (χ1n) is 10.1. The minimum absolute atomic E-state index is 0.135. The summed E-state index contributed by atoms with van der Waals surface area (Å²) in [6.07, 6.45) is -3.67. The highest BCUT2D eigenvalue weighted by molar-refractivity contribution is 6.04. The van der Waals surface area contributed by atoms with E-state index in [0.717, 1.165) is 10.9 Å². The van der Waals surface area contributed by atoms with E-state index in [1.807, 2.05) is 18.2 Å². The maximum absolute atomic E-state index is 12.4. The van der Waals surface area contributed by atoms with E-state index in [2.05, 4.69) is 10.6 Å². The zero-order chi connectivity index (χ0) is 23.1. The van der Waals surface area contributed by atoms with Crippen LogP contribution in [-0.4, -0.2) is 49.6 Å². The summed E-state index contributed by atoms with van der Waals surface area (Å²) >= 11 is 0. The summed E-state index contributed by atoms with van der Waals surface area (Å²) in [5.74, 6) is -0.389. The number of benzene rings is 2. The van der Waals surface area contributed by atoms with Crippen LogP contribution in [0.25, 0.3) is 11.0 Å². The number of hydrogen-bond donors (Lipinski definition) is 2. The Bertz CT molecular complexity index is 1030. The van der Waals surface area contributed by atoms with Gasteiger partial charge in [-0.1, -0.05) is 30.3 Å². The van der Waals surface area contributed by atoms with Crippen molar-refractivity contribution in [2.75, 3.05) is 32.0 Å². The third-order valence-electron chi connectivity index (χ3n) is 4.71. The molecule has 2 aromatic carbocycles. The van der Waals surface area contributed by atoms with Crippen LogP contribution in [0.3, 0.4) is 0 Å². The highest BCUT2D eigenvalue weighted by atomic mass is 19.4. The second kappa shape index (κ2) is 10.3. The van der Waals surface area contributed by atoms with Crippen LogP contribution in [0.2, 0.25) is 0 Å². The molecule has 1 aromatic heterocycles. The number of alkyl halides is 3. The third kappa shape index (κ3) is 7.12. The second-order valence-corrected chi connectivity index (χ2v) is 7.53. The molecule has 0 bridgehead atoms. The molecule has 0 unspecified atom stereocenters. The van der Waals surface area contributed by atoms with Crippen LogP contribution in [0.15, 0.2) is 59.0 Å². The molecule has 170 valence electrons. The lowest BCUT2D eigenvalue weighted by Gasteiger charge is -2.18. The maximum atomic E-state index is 12.4. The molecule has 0 fully saturated rings. The molecule has 0 aliphatic rings. The summed E-state index contributed by atoms with van der Waals surface area (Å²) in [6, 6.07) is 15.8. The lowest BCUT2D eigenvalue weighted by Crippen LogP contribution is -2.34. The Kier molecular flexibility index (Phi) is 7.53. The lowest BCUT2D eigenvalue weighted by molar-refractivity contribution is -0.143.